The number of nitrogens with zero attached hydrogens (tertiary/aromatic N) is 1. The summed E-state index contributed by atoms with van der Waals surface area (Å²) in [5, 5.41) is 13.3. The quantitative estimate of drug-likeness (QED) is 0.469. The van der Waals surface area contributed by atoms with E-state index in [4.69, 9.17) is 13.9 Å². The maximum atomic E-state index is 12.6. The van der Waals surface area contributed by atoms with Crippen molar-refractivity contribution in [3.63, 3.8) is 0 Å². The van der Waals surface area contributed by atoms with Crippen LogP contribution in [0.15, 0.2) is 52.9 Å². The van der Waals surface area contributed by atoms with E-state index in [-0.39, 0.29) is 11.7 Å². The highest BCUT2D eigenvalue weighted by atomic mass is 16.5. The Hall–Kier alpha value is -4.00. The molecule has 0 aliphatic heterocycles. The van der Waals surface area contributed by atoms with Crippen LogP contribution in [0.4, 0.5) is 5.69 Å². The van der Waals surface area contributed by atoms with Gasteiger partial charge in [0.2, 0.25) is 5.89 Å². The number of oxazole rings is 1. The van der Waals surface area contributed by atoms with Crippen molar-refractivity contribution in [2.75, 3.05) is 19.5 Å². The Labute approximate surface area is 179 Å². The van der Waals surface area contributed by atoms with Gasteiger partial charge in [-0.3, -0.25) is 4.79 Å². The molecule has 4 rings (SSSR count). The summed E-state index contributed by atoms with van der Waals surface area (Å²) in [6.45, 7) is 3.95. The molecule has 0 bridgehead atoms. The van der Waals surface area contributed by atoms with Crippen LogP contribution in [0.2, 0.25) is 0 Å². The number of aromatic hydroxyl groups is 1. The molecule has 0 atom stereocenters. The summed E-state index contributed by atoms with van der Waals surface area (Å²) in [5.41, 5.74) is 4.76. The van der Waals surface area contributed by atoms with Gasteiger partial charge in [0.05, 0.1) is 19.8 Å². The minimum Gasteiger partial charge on any atom is -0.507 e. The molecule has 1 amide bonds. The van der Waals surface area contributed by atoms with Crippen LogP contribution < -0.4 is 14.8 Å². The molecule has 31 heavy (non-hydrogen) atoms. The second-order valence-corrected chi connectivity index (χ2v) is 7.20. The molecule has 158 valence electrons. The smallest absolute Gasteiger partial charge is 0.255 e. The van der Waals surface area contributed by atoms with Crippen molar-refractivity contribution in [3.8, 4) is 28.7 Å². The van der Waals surface area contributed by atoms with Gasteiger partial charge in [-0.25, -0.2) is 4.98 Å². The maximum absolute atomic E-state index is 12.6. The van der Waals surface area contributed by atoms with Crippen molar-refractivity contribution in [1.82, 2.24) is 4.98 Å². The van der Waals surface area contributed by atoms with E-state index in [2.05, 4.69) is 10.3 Å². The minimum absolute atomic E-state index is 0.0500. The number of methoxy groups -OCH3 is 2. The molecule has 0 aliphatic rings. The molecule has 3 aromatic carbocycles. The zero-order valence-corrected chi connectivity index (χ0v) is 17.6. The molecule has 0 saturated carbocycles. The van der Waals surface area contributed by atoms with E-state index >= 15 is 0 Å². The fourth-order valence-electron chi connectivity index (χ4n) is 3.46. The third kappa shape index (κ3) is 3.90. The number of amides is 1. The number of phenolic OH excluding ortho intramolecular Hbond substituents is 1. The zero-order chi connectivity index (χ0) is 22.1. The standard InChI is InChI=1S/C24H22N2O5/c1-13-9-14(2)22-18(10-13)26-24(31-22)17-7-6-16(12-19(17)27)25-23(28)15-5-8-20(29-3)21(11-15)30-4/h5-12,27H,1-4H3,(H,25,28). The predicted octanol–water partition coefficient (Wildman–Crippen LogP) is 5.09. The molecule has 4 aromatic rings. The molecule has 0 radical (unpaired) electrons. The van der Waals surface area contributed by atoms with E-state index in [1.54, 1.807) is 30.3 Å². The number of ether oxygens (including phenoxy) is 2. The van der Waals surface area contributed by atoms with Gasteiger partial charge in [-0.05, 0) is 61.4 Å². The summed E-state index contributed by atoms with van der Waals surface area (Å²) in [5.74, 6) is 0.908. The van der Waals surface area contributed by atoms with Crippen LogP contribution >= 0.6 is 0 Å². The van der Waals surface area contributed by atoms with Crippen LogP contribution in [0, 0.1) is 13.8 Å². The van der Waals surface area contributed by atoms with Gasteiger partial charge >= 0.3 is 0 Å². The predicted molar refractivity (Wildman–Crippen MR) is 118 cm³/mol. The van der Waals surface area contributed by atoms with Crippen molar-refractivity contribution in [3.05, 3.63) is 65.2 Å². The third-order valence-electron chi connectivity index (χ3n) is 4.95. The van der Waals surface area contributed by atoms with Gasteiger partial charge in [0.25, 0.3) is 5.91 Å². The van der Waals surface area contributed by atoms with Crippen LogP contribution in [0.1, 0.15) is 21.5 Å². The van der Waals surface area contributed by atoms with Crippen molar-refractivity contribution >= 4 is 22.7 Å². The molecule has 2 N–H and O–H groups in total. The Morgan fingerprint density at radius 3 is 2.48 bits per heavy atom. The lowest BCUT2D eigenvalue weighted by Crippen LogP contribution is -2.12. The van der Waals surface area contributed by atoms with E-state index < -0.39 is 0 Å². The summed E-state index contributed by atoms with van der Waals surface area (Å²) in [7, 11) is 3.03. The third-order valence-corrected chi connectivity index (χ3v) is 4.95. The number of phenols is 1. The average Bonchev–Trinajstić information content (AvgIpc) is 3.17. The van der Waals surface area contributed by atoms with Gasteiger partial charge in [0, 0.05) is 17.3 Å². The van der Waals surface area contributed by atoms with E-state index in [9.17, 15) is 9.90 Å². The van der Waals surface area contributed by atoms with Crippen molar-refractivity contribution in [1.29, 1.82) is 0 Å². The molecule has 7 heteroatoms. The van der Waals surface area contributed by atoms with Crippen molar-refractivity contribution in [2.24, 2.45) is 0 Å². The van der Waals surface area contributed by atoms with Gasteiger partial charge in [-0.15, -0.1) is 0 Å². The topological polar surface area (TPSA) is 93.8 Å². The van der Waals surface area contributed by atoms with Gasteiger partial charge in [0.15, 0.2) is 17.1 Å². The Morgan fingerprint density at radius 1 is 1.00 bits per heavy atom. The molecule has 0 unspecified atom stereocenters. The largest absolute Gasteiger partial charge is 0.507 e. The molecular formula is C24H22N2O5. The number of nitrogens with one attached hydrogen (secondary N) is 1. The lowest BCUT2D eigenvalue weighted by Gasteiger charge is -2.10. The van der Waals surface area contributed by atoms with Gasteiger partial charge in [-0.1, -0.05) is 6.07 Å². The number of hydrogen-bond donors (Lipinski definition) is 2. The zero-order valence-electron chi connectivity index (χ0n) is 17.6. The first-order valence-electron chi connectivity index (χ1n) is 9.64. The van der Waals surface area contributed by atoms with Crippen LogP contribution in [-0.2, 0) is 0 Å². The molecule has 0 aliphatic carbocycles. The lowest BCUT2D eigenvalue weighted by molar-refractivity contribution is 0.102. The number of anilines is 1. The molecule has 1 aromatic heterocycles. The molecule has 0 spiro atoms. The number of fused-ring (bicyclic) bond motifs is 1. The second-order valence-electron chi connectivity index (χ2n) is 7.20. The Kier molecular flexibility index (Phi) is 5.25. The first kappa shape index (κ1) is 20.3. The average molecular weight is 418 g/mol. The molecule has 0 saturated heterocycles. The fourth-order valence-corrected chi connectivity index (χ4v) is 3.46. The van der Waals surface area contributed by atoms with Gasteiger partial charge in [0.1, 0.15) is 11.3 Å². The monoisotopic (exact) mass is 418 g/mol. The normalized spacial score (nSPS) is 10.8. The van der Waals surface area contributed by atoms with Gasteiger partial charge in [-0.2, -0.15) is 0 Å². The van der Waals surface area contributed by atoms with Crippen molar-refractivity contribution in [2.45, 2.75) is 13.8 Å². The highest BCUT2D eigenvalue weighted by Gasteiger charge is 2.16. The lowest BCUT2D eigenvalue weighted by atomic mass is 10.1. The number of benzene rings is 3. The Bertz CT molecular complexity index is 1290. The second kappa shape index (κ2) is 8.02. The SMILES string of the molecule is COc1ccc(C(=O)Nc2ccc(-c3nc4cc(C)cc(C)c4o3)c(O)c2)cc1OC. The highest BCUT2D eigenvalue weighted by Crippen LogP contribution is 2.34. The van der Waals surface area contributed by atoms with Crippen molar-refractivity contribution < 1.29 is 23.8 Å². The molecular weight excluding hydrogens is 396 g/mol. The molecule has 0 fully saturated rings. The summed E-state index contributed by atoms with van der Waals surface area (Å²) >= 11 is 0. The number of carbonyl (C=O) groups excluding carboxylic acids is 1. The van der Waals surface area contributed by atoms with Crippen LogP contribution in [-0.4, -0.2) is 30.2 Å². The molecule has 1 heterocycles. The van der Waals surface area contributed by atoms with Crippen LogP contribution in [0.5, 0.6) is 17.2 Å². The Balaban J connectivity index is 1.59. The van der Waals surface area contributed by atoms with E-state index in [0.29, 0.717) is 39.8 Å². The number of carbonyl (C=O) groups is 1. The van der Waals surface area contributed by atoms with Crippen LogP contribution in [0.3, 0.4) is 0 Å². The number of aryl methyl sites for hydroxylation is 2. The summed E-state index contributed by atoms with van der Waals surface area (Å²) in [4.78, 5) is 17.1. The minimum atomic E-state index is -0.346. The van der Waals surface area contributed by atoms with Crippen LogP contribution in [0.25, 0.3) is 22.6 Å². The van der Waals surface area contributed by atoms with Gasteiger partial charge < -0.3 is 24.3 Å². The summed E-state index contributed by atoms with van der Waals surface area (Å²) in [6, 6.07) is 13.6. The summed E-state index contributed by atoms with van der Waals surface area (Å²) < 4.78 is 16.3. The fraction of sp³-hybridized carbons (Fsp3) is 0.167. The van der Waals surface area contributed by atoms with E-state index in [0.717, 1.165) is 16.6 Å². The number of rotatable bonds is 5. The first-order chi connectivity index (χ1) is 14.9. The number of hydrogen-bond acceptors (Lipinski definition) is 6. The molecule has 7 nitrogen and oxygen atoms in total. The highest BCUT2D eigenvalue weighted by molar-refractivity contribution is 6.05. The number of aromatic nitrogens is 1. The summed E-state index contributed by atoms with van der Waals surface area (Å²) in [6.07, 6.45) is 0. The van der Waals surface area contributed by atoms with E-state index in [1.807, 2.05) is 26.0 Å². The maximum Gasteiger partial charge on any atom is 0.255 e. The first-order valence-corrected chi connectivity index (χ1v) is 9.64. The van der Waals surface area contributed by atoms with E-state index in [1.165, 1.54) is 20.3 Å². The Morgan fingerprint density at radius 2 is 1.77 bits per heavy atom.